The summed E-state index contributed by atoms with van der Waals surface area (Å²) in [6.07, 6.45) is 3.76. The first-order valence-electron chi connectivity index (χ1n) is 19.5. The molecule has 298 valence electrons. The van der Waals surface area contributed by atoms with Crippen molar-refractivity contribution in [3.63, 3.8) is 0 Å². The number of alkyl carbamates (subject to hydrolysis) is 2. The molecule has 57 heavy (non-hydrogen) atoms. The number of aromatic amines is 1. The molecule has 4 amide bonds. The Morgan fingerprint density at radius 2 is 1.54 bits per heavy atom. The van der Waals surface area contributed by atoms with E-state index in [1.54, 1.807) is 11.1 Å². The summed E-state index contributed by atoms with van der Waals surface area (Å²) >= 11 is 0. The number of fused-ring (bicyclic) bond motifs is 3. The van der Waals surface area contributed by atoms with E-state index in [-0.39, 0.29) is 36.4 Å². The third-order valence-corrected chi connectivity index (χ3v) is 11.6. The van der Waals surface area contributed by atoms with Crippen LogP contribution in [0.2, 0.25) is 0 Å². The Hall–Kier alpha value is -5.96. The van der Waals surface area contributed by atoms with Gasteiger partial charge in [0.05, 0.1) is 51.4 Å². The number of nitrogens with zero attached hydrogens (tertiary/aromatic N) is 4. The molecule has 1 aromatic heterocycles. The third kappa shape index (κ3) is 7.27. The highest BCUT2D eigenvalue weighted by atomic mass is 16.5. The van der Waals surface area contributed by atoms with Gasteiger partial charge >= 0.3 is 12.2 Å². The number of amides is 4. The Balaban J connectivity index is 1.00. The summed E-state index contributed by atoms with van der Waals surface area (Å²) in [5.41, 5.74) is 5.43. The van der Waals surface area contributed by atoms with Crippen LogP contribution >= 0.6 is 0 Å². The number of nitrogens with one attached hydrogen (secondary N) is 4. The van der Waals surface area contributed by atoms with Crippen LogP contribution < -0.4 is 16.0 Å². The quantitative estimate of drug-likeness (QED) is 0.175. The van der Waals surface area contributed by atoms with Gasteiger partial charge in [-0.15, -0.1) is 0 Å². The van der Waals surface area contributed by atoms with Gasteiger partial charge in [-0.25, -0.2) is 14.6 Å². The summed E-state index contributed by atoms with van der Waals surface area (Å²) in [5, 5.41) is 11.0. The first kappa shape index (κ1) is 37.9. The molecule has 8 rings (SSSR count). The van der Waals surface area contributed by atoms with Gasteiger partial charge in [0, 0.05) is 29.9 Å². The zero-order valence-electron chi connectivity index (χ0n) is 32.6. The molecule has 3 atom stereocenters. The number of amidine groups is 1. The summed E-state index contributed by atoms with van der Waals surface area (Å²) in [7, 11) is 2.56. The second-order valence-electron chi connectivity index (χ2n) is 15.5. The van der Waals surface area contributed by atoms with Gasteiger partial charge in [0.2, 0.25) is 11.8 Å². The van der Waals surface area contributed by atoms with Crippen LogP contribution in [0.15, 0.2) is 65.8 Å². The van der Waals surface area contributed by atoms with Crippen LogP contribution in [0.3, 0.4) is 0 Å². The number of ether oxygens (including phenoxy) is 3. The van der Waals surface area contributed by atoms with E-state index in [4.69, 9.17) is 14.5 Å². The highest BCUT2D eigenvalue weighted by Crippen LogP contribution is 2.44. The van der Waals surface area contributed by atoms with Gasteiger partial charge in [-0.05, 0) is 71.7 Å². The molecule has 3 fully saturated rings. The van der Waals surface area contributed by atoms with Crippen molar-refractivity contribution >= 4 is 46.3 Å². The van der Waals surface area contributed by atoms with Crippen molar-refractivity contribution in [1.29, 1.82) is 0 Å². The Morgan fingerprint density at radius 1 is 0.877 bits per heavy atom. The number of benzene rings is 3. The normalized spacial score (nSPS) is 20.1. The van der Waals surface area contributed by atoms with Crippen molar-refractivity contribution in [2.24, 2.45) is 10.9 Å². The van der Waals surface area contributed by atoms with E-state index in [0.717, 1.165) is 81.8 Å². The lowest BCUT2D eigenvalue weighted by Gasteiger charge is -2.44. The van der Waals surface area contributed by atoms with Crippen LogP contribution in [-0.2, 0) is 29.3 Å². The van der Waals surface area contributed by atoms with Gasteiger partial charge in [-0.2, -0.15) is 0 Å². The number of carbonyl (C=O) groups excluding carboxylic acids is 4. The number of H-pyrrole nitrogens is 1. The molecule has 3 aromatic carbocycles. The molecule has 0 bridgehead atoms. The summed E-state index contributed by atoms with van der Waals surface area (Å²) in [6, 6.07) is 18.0. The molecule has 4 aromatic rings. The SMILES string of the molecule is COC(=O)NCC(=O)N1CCCC1c1ncc(-c2ccc3cc(-c4ccc5c(c4)NC(C4CCCN4C(=O)C(NC(=O)OC)C(C)C)=NC54COC4)ccc3c2)[nH]1. The number of aliphatic imine (C=N–C) groups is 1. The van der Waals surface area contributed by atoms with Crippen molar-refractivity contribution in [2.45, 2.75) is 63.2 Å². The van der Waals surface area contributed by atoms with Crippen molar-refractivity contribution in [3.05, 3.63) is 72.2 Å². The Bertz CT molecular complexity index is 2250. The van der Waals surface area contributed by atoms with Crippen molar-refractivity contribution in [2.75, 3.05) is 52.4 Å². The van der Waals surface area contributed by atoms with E-state index >= 15 is 0 Å². The van der Waals surface area contributed by atoms with Crippen LogP contribution in [0.25, 0.3) is 33.2 Å². The lowest BCUT2D eigenvalue weighted by Crippen LogP contribution is -2.56. The molecular formula is C42H48N8O7. The standard InChI is InChI=1S/C42H48N8O7/c1-24(2)36(47-41(54)56-4)39(52)50-16-6-8-34(50)38-45-31-19-28(13-14-30(31)42(48-38)22-57-23-42)26-9-10-27-18-29(12-11-25(27)17-26)32-20-43-37(46-32)33-7-5-15-49(33)35(51)21-44-40(53)55-3/h9-14,17-20,24,33-34,36H,5-8,15-16,21-23H2,1-4H3,(H,43,46)(H,44,53)(H,45,48)(H,47,54). The van der Waals surface area contributed by atoms with Crippen molar-refractivity contribution in [3.8, 4) is 22.4 Å². The summed E-state index contributed by atoms with van der Waals surface area (Å²) in [6.45, 7) is 5.79. The number of likely N-dealkylation sites (tertiary alicyclic amines) is 2. The van der Waals surface area contributed by atoms with Crippen LogP contribution in [0, 0.1) is 5.92 Å². The maximum atomic E-state index is 13.9. The molecule has 15 heteroatoms. The molecule has 0 aliphatic carbocycles. The largest absolute Gasteiger partial charge is 0.453 e. The van der Waals surface area contributed by atoms with E-state index < -0.39 is 23.8 Å². The molecule has 4 aliphatic heterocycles. The molecule has 1 spiro atoms. The van der Waals surface area contributed by atoms with Crippen LogP contribution in [-0.4, -0.2) is 109 Å². The second-order valence-corrected chi connectivity index (χ2v) is 15.5. The highest BCUT2D eigenvalue weighted by molar-refractivity contribution is 6.05. The van der Waals surface area contributed by atoms with Gasteiger partial charge < -0.3 is 44.9 Å². The lowest BCUT2D eigenvalue weighted by atomic mass is 9.84. The highest BCUT2D eigenvalue weighted by Gasteiger charge is 2.47. The number of aromatic nitrogens is 2. The number of anilines is 1. The van der Waals surface area contributed by atoms with Gasteiger partial charge in [0.15, 0.2) is 0 Å². The fourth-order valence-electron chi connectivity index (χ4n) is 8.47. The van der Waals surface area contributed by atoms with Crippen LogP contribution in [0.4, 0.5) is 15.3 Å². The van der Waals surface area contributed by atoms with Gasteiger partial charge in [0.25, 0.3) is 0 Å². The van der Waals surface area contributed by atoms with E-state index in [1.165, 1.54) is 14.2 Å². The molecular weight excluding hydrogens is 729 g/mol. The summed E-state index contributed by atoms with van der Waals surface area (Å²) in [4.78, 5) is 67.3. The topological polar surface area (TPSA) is 180 Å². The van der Waals surface area contributed by atoms with Gasteiger partial charge in [-0.3, -0.25) is 14.6 Å². The molecule has 15 nitrogen and oxygen atoms in total. The maximum Gasteiger partial charge on any atom is 0.407 e. The Kier molecular flexibility index (Phi) is 10.3. The monoisotopic (exact) mass is 776 g/mol. The number of hydrogen-bond acceptors (Lipinski definition) is 10. The number of hydrogen-bond donors (Lipinski definition) is 4. The van der Waals surface area contributed by atoms with Crippen molar-refractivity contribution < 1.29 is 33.4 Å². The number of methoxy groups -OCH3 is 2. The second kappa shape index (κ2) is 15.5. The fourth-order valence-corrected chi connectivity index (χ4v) is 8.47. The minimum absolute atomic E-state index is 0.128. The molecule has 4 aliphatic rings. The molecule has 0 radical (unpaired) electrons. The zero-order chi connectivity index (χ0) is 39.8. The third-order valence-electron chi connectivity index (χ3n) is 11.6. The van der Waals surface area contributed by atoms with E-state index in [9.17, 15) is 19.2 Å². The van der Waals surface area contributed by atoms with E-state index in [2.05, 4.69) is 85.3 Å². The first-order chi connectivity index (χ1) is 27.6. The minimum Gasteiger partial charge on any atom is -0.453 e. The molecule has 5 heterocycles. The number of rotatable bonds is 9. The number of imidazole rings is 1. The summed E-state index contributed by atoms with van der Waals surface area (Å²) in [5.74, 6) is 1.01. The van der Waals surface area contributed by atoms with E-state index in [1.807, 2.05) is 18.7 Å². The smallest absolute Gasteiger partial charge is 0.407 e. The lowest BCUT2D eigenvalue weighted by molar-refractivity contribution is -0.134. The molecule has 3 unspecified atom stereocenters. The predicted molar refractivity (Wildman–Crippen MR) is 214 cm³/mol. The maximum absolute atomic E-state index is 13.9. The molecule has 4 N–H and O–H groups in total. The zero-order valence-corrected chi connectivity index (χ0v) is 32.6. The molecule has 3 saturated heterocycles. The summed E-state index contributed by atoms with van der Waals surface area (Å²) < 4.78 is 15.1. The van der Waals surface area contributed by atoms with Gasteiger partial charge in [-0.1, -0.05) is 50.2 Å². The average Bonchev–Trinajstić information content (AvgIpc) is 4.01. The van der Waals surface area contributed by atoms with E-state index in [0.29, 0.717) is 26.3 Å². The molecule has 0 saturated carbocycles. The van der Waals surface area contributed by atoms with Crippen molar-refractivity contribution in [1.82, 2.24) is 30.4 Å². The average molecular weight is 777 g/mol. The fraction of sp³-hybridized carbons (Fsp3) is 0.429. The number of carbonyl (C=O) groups is 4. The first-order valence-corrected chi connectivity index (χ1v) is 19.5. The predicted octanol–water partition coefficient (Wildman–Crippen LogP) is 5.34. The van der Waals surface area contributed by atoms with Gasteiger partial charge in [0.1, 0.15) is 29.8 Å². The Labute approximate surface area is 330 Å². The Morgan fingerprint density at radius 3 is 2.25 bits per heavy atom. The minimum atomic E-state index is -0.716. The van der Waals surface area contributed by atoms with Crippen LogP contribution in [0.5, 0.6) is 0 Å². The van der Waals surface area contributed by atoms with Crippen LogP contribution in [0.1, 0.15) is 57.0 Å².